The maximum absolute atomic E-state index is 13.0. The summed E-state index contributed by atoms with van der Waals surface area (Å²) in [6.45, 7) is 4.30. The van der Waals surface area contributed by atoms with E-state index in [9.17, 15) is 13.2 Å². The number of nitrogens with one attached hydrogen (secondary N) is 2. The molecule has 9 heteroatoms. The minimum atomic E-state index is -4.01. The van der Waals surface area contributed by atoms with Crippen LogP contribution in [0.1, 0.15) is 19.4 Å². The zero-order valence-corrected chi connectivity index (χ0v) is 18.8. The Hall–Kier alpha value is -2.13. The average molecular weight is 455 g/mol. The summed E-state index contributed by atoms with van der Waals surface area (Å²) < 4.78 is 38.8. The number of rotatable bonds is 11. The van der Waals surface area contributed by atoms with Crippen LogP contribution in [-0.2, 0) is 26.0 Å². The molecule has 30 heavy (non-hydrogen) atoms. The molecule has 1 amide bonds. The third-order valence-electron chi connectivity index (χ3n) is 4.22. The Kier molecular flexibility index (Phi) is 9.10. The van der Waals surface area contributed by atoms with Gasteiger partial charge in [0.2, 0.25) is 15.9 Å². The van der Waals surface area contributed by atoms with Gasteiger partial charge in [-0.15, -0.1) is 0 Å². The molecule has 0 saturated carbocycles. The molecule has 164 valence electrons. The predicted octanol–water partition coefficient (Wildman–Crippen LogP) is 2.78. The summed E-state index contributed by atoms with van der Waals surface area (Å²) in [5, 5.41) is 2.95. The van der Waals surface area contributed by atoms with Crippen molar-refractivity contribution >= 4 is 27.5 Å². The van der Waals surface area contributed by atoms with Gasteiger partial charge in [-0.3, -0.25) is 4.79 Å². The average Bonchev–Trinajstić information content (AvgIpc) is 2.70. The number of hydrogen-bond donors (Lipinski definition) is 2. The van der Waals surface area contributed by atoms with Gasteiger partial charge in [0.15, 0.2) is 0 Å². The lowest BCUT2D eigenvalue weighted by molar-refractivity contribution is -0.123. The van der Waals surface area contributed by atoms with E-state index in [4.69, 9.17) is 21.1 Å². The van der Waals surface area contributed by atoms with Crippen molar-refractivity contribution in [3.05, 3.63) is 59.1 Å². The quantitative estimate of drug-likeness (QED) is 0.544. The van der Waals surface area contributed by atoms with E-state index in [0.29, 0.717) is 19.0 Å². The first-order chi connectivity index (χ1) is 14.3. The molecule has 0 bridgehead atoms. The number of sulfonamides is 1. The number of carbonyl (C=O) groups is 1. The molecular weight excluding hydrogens is 428 g/mol. The second-order valence-corrected chi connectivity index (χ2v) is 8.87. The van der Waals surface area contributed by atoms with Gasteiger partial charge in [0.25, 0.3) is 0 Å². The molecule has 0 heterocycles. The Labute approximate surface area is 182 Å². The Morgan fingerprint density at radius 3 is 2.47 bits per heavy atom. The Balaban J connectivity index is 2.26. The summed E-state index contributed by atoms with van der Waals surface area (Å²) in [6.07, 6.45) is 0.191. The lowest BCUT2D eigenvalue weighted by Crippen LogP contribution is -2.50. The SMILES string of the molecule is CCOc1ccc(S(=O)(=O)N[C@H](Cc2ccccc2)C(=O)N[C@H](C)COC)cc1Cl. The molecule has 2 atom stereocenters. The van der Waals surface area contributed by atoms with Crippen LogP contribution < -0.4 is 14.8 Å². The highest BCUT2D eigenvalue weighted by Gasteiger charge is 2.27. The molecule has 0 spiro atoms. The van der Waals surface area contributed by atoms with E-state index in [1.54, 1.807) is 13.8 Å². The van der Waals surface area contributed by atoms with E-state index in [1.807, 2.05) is 30.3 Å². The van der Waals surface area contributed by atoms with Gasteiger partial charge < -0.3 is 14.8 Å². The summed E-state index contributed by atoms with van der Waals surface area (Å²) in [6, 6.07) is 12.1. The van der Waals surface area contributed by atoms with Crippen LogP contribution in [0.25, 0.3) is 0 Å². The lowest BCUT2D eigenvalue weighted by atomic mass is 10.1. The number of benzene rings is 2. The van der Waals surface area contributed by atoms with Crippen molar-refractivity contribution in [2.24, 2.45) is 0 Å². The molecule has 0 aliphatic heterocycles. The van der Waals surface area contributed by atoms with Crippen molar-refractivity contribution < 1.29 is 22.7 Å². The first-order valence-electron chi connectivity index (χ1n) is 9.54. The van der Waals surface area contributed by atoms with Gasteiger partial charge in [0.1, 0.15) is 11.8 Å². The topological polar surface area (TPSA) is 93.7 Å². The van der Waals surface area contributed by atoms with Gasteiger partial charge in [-0.25, -0.2) is 8.42 Å². The molecule has 0 unspecified atom stereocenters. The minimum Gasteiger partial charge on any atom is -0.492 e. The van der Waals surface area contributed by atoms with Gasteiger partial charge in [-0.2, -0.15) is 4.72 Å². The molecule has 2 aromatic carbocycles. The molecule has 0 aromatic heterocycles. The summed E-state index contributed by atoms with van der Waals surface area (Å²) in [4.78, 5) is 12.8. The van der Waals surface area contributed by atoms with Crippen LogP contribution in [0.2, 0.25) is 5.02 Å². The number of hydrogen-bond acceptors (Lipinski definition) is 5. The number of ether oxygens (including phenoxy) is 2. The monoisotopic (exact) mass is 454 g/mol. The second kappa shape index (κ2) is 11.3. The summed E-state index contributed by atoms with van der Waals surface area (Å²) in [5.74, 6) is -0.0471. The Morgan fingerprint density at radius 2 is 1.87 bits per heavy atom. The fourth-order valence-electron chi connectivity index (χ4n) is 2.85. The first kappa shape index (κ1) is 24.1. The number of amides is 1. The highest BCUT2D eigenvalue weighted by molar-refractivity contribution is 7.89. The zero-order chi connectivity index (χ0) is 22.1. The lowest BCUT2D eigenvalue weighted by Gasteiger charge is -2.21. The number of halogens is 1. The van der Waals surface area contributed by atoms with E-state index in [2.05, 4.69) is 10.0 Å². The van der Waals surface area contributed by atoms with E-state index >= 15 is 0 Å². The fraction of sp³-hybridized carbons (Fsp3) is 0.381. The molecule has 7 nitrogen and oxygen atoms in total. The molecule has 0 aliphatic rings. The van der Waals surface area contributed by atoms with Crippen LogP contribution in [0.15, 0.2) is 53.4 Å². The van der Waals surface area contributed by atoms with Gasteiger partial charge in [0.05, 0.1) is 23.1 Å². The zero-order valence-electron chi connectivity index (χ0n) is 17.2. The van der Waals surface area contributed by atoms with Crippen molar-refractivity contribution in [2.75, 3.05) is 20.3 Å². The molecule has 2 N–H and O–H groups in total. The molecule has 2 rings (SSSR count). The first-order valence-corrected chi connectivity index (χ1v) is 11.4. The highest BCUT2D eigenvalue weighted by atomic mass is 35.5. The van der Waals surface area contributed by atoms with E-state index in [0.717, 1.165) is 5.56 Å². The predicted molar refractivity (Wildman–Crippen MR) is 116 cm³/mol. The van der Waals surface area contributed by atoms with Crippen LogP contribution in [-0.4, -0.2) is 46.7 Å². The van der Waals surface area contributed by atoms with Crippen molar-refractivity contribution in [1.82, 2.24) is 10.0 Å². The largest absolute Gasteiger partial charge is 0.492 e. The standard InChI is InChI=1S/C21H27ClN2O5S/c1-4-29-20-11-10-17(13-18(20)22)30(26,27)24-19(12-16-8-6-5-7-9-16)21(25)23-15(2)14-28-3/h5-11,13,15,19,24H,4,12,14H2,1-3H3,(H,23,25)/t15-,19-/m1/s1. The van der Waals surface area contributed by atoms with Crippen LogP contribution in [0.4, 0.5) is 0 Å². The maximum atomic E-state index is 13.0. The minimum absolute atomic E-state index is 0.0493. The summed E-state index contributed by atoms with van der Waals surface area (Å²) in [7, 11) is -2.48. The smallest absolute Gasteiger partial charge is 0.241 e. The van der Waals surface area contributed by atoms with E-state index < -0.39 is 22.0 Å². The molecule has 0 fully saturated rings. The number of carbonyl (C=O) groups excluding carboxylic acids is 1. The normalized spacial score (nSPS) is 13.5. The molecule has 0 radical (unpaired) electrons. The van der Waals surface area contributed by atoms with Gasteiger partial charge in [-0.05, 0) is 44.0 Å². The van der Waals surface area contributed by atoms with Crippen molar-refractivity contribution in [3.8, 4) is 5.75 Å². The molecular formula is C21H27ClN2O5S. The Morgan fingerprint density at radius 1 is 1.17 bits per heavy atom. The molecule has 0 aliphatic carbocycles. The third-order valence-corrected chi connectivity index (χ3v) is 5.98. The second-order valence-electron chi connectivity index (χ2n) is 6.75. The van der Waals surface area contributed by atoms with Crippen LogP contribution in [0.3, 0.4) is 0 Å². The van der Waals surface area contributed by atoms with Crippen LogP contribution in [0, 0.1) is 0 Å². The van der Waals surface area contributed by atoms with Crippen molar-refractivity contribution in [2.45, 2.75) is 37.2 Å². The van der Waals surface area contributed by atoms with Gasteiger partial charge in [0, 0.05) is 13.2 Å². The number of methoxy groups -OCH3 is 1. The van der Waals surface area contributed by atoms with Crippen LogP contribution in [0.5, 0.6) is 5.75 Å². The fourth-order valence-corrected chi connectivity index (χ4v) is 4.37. The van der Waals surface area contributed by atoms with Gasteiger partial charge >= 0.3 is 0 Å². The van der Waals surface area contributed by atoms with Gasteiger partial charge in [-0.1, -0.05) is 41.9 Å². The van der Waals surface area contributed by atoms with E-state index in [1.165, 1.54) is 25.3 Å². The highest BCUT2D eigenvalue weighted by Crippen LogP contribution is 2.27. The van der Waals surface area contributed by atoms with Crippen LogP contribution >= 0.6 is 11.6 Å². The van der Waals surface area contributed by atoms with E-state index in [-0.39, 0.29) is 22.4 Å². The summed E-state index contributed by atoms with van der Waals surface area (Å²) in [5.41, 5.74) is 0.824. The molecule has 2 aromatic rings. The Bertz CT molecular complexity index is 938. The third kappa shape index (κ3) is 6.98. The van der Waals surface area contributed by atoms with Crippen molar-refractivity contribution in [1.29, 1.82) is 0 Å². The summed E-state index contributed by atoms with van der Waals surface area (Å²) >= 11 is 6.14. The maximum Gasteiger partial charge on any atom is 0.241 e. The molecule has 0 saturated heterocycles. The van der Waals surface area contributed by atoms with Crippen molar-refractivity contribution in [3.63, 3.8) is 0 Å².